The number of nitrogens with one attached hydrogen (secondary N) is 5. The van der Waals surface area contributed by atoms with Crippen LogP contribution in [0.5, 0.6) is 5.75 Å². The first kappa shape index (κ1) is 64.0. The highest BCUT2D eigenvalue weighted by molar-refractivity contribution is 5.95. The van der Waals surface area contributed by atoms with Crippen LogP contribution in [0, 0.1) is 0 Å². The molecule has 0 saturated carbocycles. The first-order valence-electron chi connectivity index (χ1n) is 27.3. The van der Waals surface area contributed by atoms with Gasteiger partial charge in [-0.1, -0.05) is 67.4 Å². The standard InChI is InChI=1S/C55H79N13O13/c1-38-51(79)61-44(11-8-19-59-54(56)57)53(81)62-45(30-40-12-15-41-9-4-5-10-42(41)29-40)52(80)60-32-46(71)63-55(37-69,31-39-13-16-43(70)17-14-39)68(38)20-7-3-2-6-18-58-47(72)33-64-21-23-65(34-48(73)74)25-27-67(36-50(77)78)28-26-66(24-22-64)35-49(75)76/h4-5,9-10,12-17,29,37-38,44-45,70H,2-3,6-8,11,18-28,30-36H2,1H3,(H,58,72)(H,60,80)(H,61,79)(H,62,81)(H,63,71)(H,73,74)(H,75,76)(H,77,78)(H4,56,57,59). The summed E-state index contributed by atoms with van der Waals surface area (Å²) in [7, 11) is 0. The molecule has 2 aliphatic heterocycles. The highest BCUT2D eigenvalue weighted by Crippen LogP contribution is 2.24. The molecule has 81 heavy (non-hydrogen) atoms. The van der Waals surface area contributed by atoms with E-state index in [1.807, 2.05) is 47.4 Å². The first-order chi connectivity index (χ1) is 38.7. The molecule has 4 atom stereocenters. The van der Waals surface area contributed by atoms with Crippen molar-refractivity contribution in [2.24, 2.45) is 16.5 Å². The average molecular weight is 1130 g/mol. The lowest BCUT2D eigenvalue weighted by atomic mass is 9.95. The van der Waals surface area contributed by atoms with E-state index in [0.717, 1.165) is 10.8 Å². The van der Waals surface area contributed by atoms with Gasteiger partial charge in [0.1, 0.15) is 17.8 Å². The average Bonchev–Trinajstić information content (AvgIpc) is 3.63. The highest BCUT2D eigenvalue weighted by atomic mass is 16.4. The monoisotopic (exact) mass is 1130 g/mol. The zero-order chi connectivity index (χ0) is 58.9. The molecular weight excluding hydrogens is 1050 g/mol. The number of unbranched alkanes of at least 4 members (excludes halogenated alkanes) is 3. The van der Waals surface area contributed by atoms with Gasteiger partial charge < -0.3 is 58.5 Å². The third-order valence-electron chi connectivity index (χ3n) is 14.2. The molecule has 0 aliphatic carbocycles. The second kappa shape index (κ2) is 32.5. The Morgan fingerprint density at radius 3 is 1.79 bits per heavy atom. The molecule has 0 radical (unpaired) electrons. The maximum Gasteiger partial charge on any atom is 0.317 e. The van der Waals surface area contributed by atoms with E-state index in [1.165, 1.54) is 12.1 Å². The molecule has 4 unspecified atom stereocenters. The van der Waals surface area contributed by atoms with Crippen LogP contribution in [0.25, 0.3) is 10.8 Å². The Labute approximate surface area is 470 Å². The van der Waals surface area contributed by atoms with E-state index >= 15 is 0 Å². The number of phenols is 1. The predicted molar refractivity (Wildman–Crippen MR) is 299 cm³/mol. The molecule has 2 fully saturated rings. The first-order valence-corrected chi connectivity index (χ1v) is 27.3. The van der Waals surface area contributed by atoms with Crippen LogP contribution in [0.4, 0.5) is 0 Å². The van der Waals surface area contributed by atoms with E-state index in [9.17, 15) is 63.6 Å². The third kappa shape index (κ3) is 22.0. The van der Waals surface area contributed by atoms with Gasteiger partial charge in [0.05, 0.1) is 38.8 Å². The molecule has 5 amide bonds. The van der Waals surface area contributed by atoms with Gasteiger partial charge in [0.2, 0.25) is 29.5 Å². The number of guanidine groups is 1. The summed E-state index contributed by atoms with van der Waals surface area (Å²) in [6.07, 6.45) is 2.70. The summed E-state index contributed by atoms with van der Waals surface area (Å²) >= 11 is 0. The summed E-state index contributed by atoms with van der Waals surface area (Å²) in [5.41, 5.74) is 10.5. The van der Waals surface area contributed by atoms with Crippen LogP contribution in [0.15, 0.2) is 71.7 Å². The maximum absolute atomic E-state index is 14.6. The van der Waals surface area contributed by atoms with E-state index in [-0.39, 0.29) is 141 Å². The van der Waals surface area contributed by atoms with Gasteiger partial charge in [-0.15, -0.1) is 0 Å². The maximum atomic E-state index is 14.6. The van der Waals surface area contributed by atoms with Gasteiger partial charge in [0, 0.05) is 84.8 Å². The number of nitrogens with zero attached hydrogens (tertiary/aromatic N) is 6. The summed E-state index contributed by atoms with van der Waals surface area (Å²) in [5.74, 6) is -6.50. The van der Waals surface area contributed by atoms with Gasteiger partial charge >= 0.3 is 17.9 Å². The number of aliphatic imine (C=N–C) groups is 1. The number of aldehydes is 1. The minimum Gasteiger partial charge on any atom is -0.508 e. The van der Waals surface area contributed by atoms with Gasteiger partial charge in [0.15, 0.2) is 17.9 Å². The SMILES string of the molecule is CC1C(=O)NC(CCCN=C(N)N)C(=O)NC(Cc2ccc3ccccc3c2)C(=O)NCC(=O)NC(C=O)(Cc2ccc(O)cc2)N1CCCCCCNC(=O)CN1CCN(CC(=O)O)CCN(CC(=O)O)CCN(CC(=O)O)CC1. The smallest absolute Gasteiger partial charge is 0.317 e. The van der Waals surface area contributed by atoms with E-state index < -0.39 is 71.9 Å². The van der Waals surface area contributed by atoms with E-state index in [4.69, 9.17) is 11.5 Å². The van der Waals surface area contributed by atoms with Crippen molar-refractivity contribution in [3.8, 4) is 5.75 Å². The molecule has 26 heteroatoms. The van der Waals surface area contributed by atoms with Crippen molar-refractivity contribution in [3.05, 3.63) is 77.9 Å². The number of rotatable bonds is 24. The molecule has 2 saturated heterocycles. The zero-order valence-electron chi connectivity index (χ0n) is 45.9. The fourth-order valence-corrected chi connectivity index (χ4v) is 9.92. The zero-order valence-corrected chi connectivity index (χ0v) is 45.9. The quantitative estimate of drug-likeness (QED) is 0.0207. The molecule has 5 rings (SSSR count). The lowest BCUT2D eigenvalue weighted by Gasteiger charge is -2.44. The molecule has 442 valence electrons. The van der Waals surface area contributed by atoms with Gasteiger partial charge in [-0.05, 0) is 66.6 Å². The van der Waals surface area contributed by atoms with Gasteiger partial charge in [-0.3, -0.25) is 72.6 Å². The fourth-order valence-electron chi connectivity index (χ4n) is 9.92. The number of carboxylic acids is 3. The van der Waals surface area contributed by atoms with Crippen LogP contribution in [0.2, 0.25) is 0 Å². The highest BCUT2D eigenvalue weighted by Gasteiger charge is 2.44. The summed E-state index contributed by atoms with van der Waals surface area (Å²) in [4.78, 5) is 132. The van der Waals surface area contributed by atoms with Gasteiger partial charge in [-0.25, -0.2) is 0 Å². The van der Waals surface area contributed by atoms with Crippen LogP contribution in [0.3, 0.4) is 0 Å². The van der Waals surface area contributed by atoms with E-state index in [1.54, 1.807) is 38.7 Å². The van der Waals surface area contributed by atoms with Crippen LogP contribution >= 0.6 is 0 Å². The van der Waals surface area contributed by atoms with Crippen LogP contribution in [0.1, 0.15) is 56.6 Å². The molecule has 13 N–H and O–H groups in total. The number of phenolic OH excluding ortho intramolecular Hbond substituents is 1. The number of carboxylic acid groups (broad SMARTS) is 3. The van der Waals surface area contributed by atoms with Crippen molar-refractivity contribution >= 4 is 70.5 Å². The molecular formula is C55H79N13O13. The Bertz CT molecular complexity index is 2630. The summed E-state index contributed by atoms with van der Waals surface area (Å²) < 4.78 is 0. The van der Waals surface area contributed by atoms with Crippen molar-refractivity contribution in [2.75, 3.05) is 105 Å². The Morgan fingerprint density at radius 1 is 0.679 bits per heavy atom. The predicted octanol–water partition coefficient (Wildman–Crippen LogP) is -1.66. The molecule has 26 nitrogen and oxygen atoms in total. The number of nitrogens with two attached hydrogens (primary N) is 2. The Balaban J connectivity index is 1.30. The fraction of sp³-hybridized carbons (Fsp3) is 0.527. The van der Waals surface area contributed by atoms with Crippen molar-refractivity contribution in [1.29, 1.82) is 0 Å². The second-order valence-electron chi connectivity index (χ2n) is 20.5. The molecule has 0 spiro atoms. The van der Waals surface area contributed by atoms with Crippen molar-refractivity contribution < 1.29 is 63.6 Å². The topological polar surface area (TPSA) is 375 Å². The normalized spacial score (nSPS) is 21.2. The van der Waals surface area contributed by atoms with Crippen LogP contribution in [-0.2, 0) is 56.0 Å². The molecule has 3 aromatic carbocycles. The second-order valence-corrected chi connectivity index (χ2v) is 20.5. The largest absolute Gasteiger partial charge is 0.508 e. The minimum absolute atomic E-state index is 0.0279. The number of hydrogen-bond donors (Lipinski definition) is 11. The number of aliphatic carboxylic acids is 3. The Morgan fingerprint density at radius 2 is 1.22 bits per heavy atom. The van der Waals surface area contributed by atoms with E-state index in [2.05, 4.69) is 31.6 Å². The number of benzene rings is 3. The van der Waals surface area contributed by atoms with Gasteiger partial charge in [0.25, 0.3) is 0 Å². The minimum atomic E-state index is -1.91. The van der Waals surface area contributed by atoms with Crippen LogP contribution < -0.4 is 38.1 Å². The number of amides is 5. The molecule has 0 bridgehead atoms. The lowest BCUT2D eigenvalue weighted by Crippen LogP contribution is -2.69. The van der Waals surface area contributed by atoms with Crippen molar-refractivity contribution in [1.82, 2.24) is 51.1 Å². The number of carbonyl (C=O) groups is 9. The summed E-state index contributed by atoms with van der Waals surface area (Å²) in [5, 5.41) is 54.7. The Hall–Kier alpha value is -7.78. The molecule has 2 heterocycles. The van der Waals surface area contributed by atoms with Gasteiger partial charge in [-0.2, -0.15) is 0 Å². The third-order valence-corrected chi connectivity index (χ3v) is 14.2. The van der Waals surface area contributed by atoms with Crippen molar-refractivity contribution in [3.63, 3.8) is 0 Å². The van der Waals surface area contributed by atoms with Crippen LogP contribution in [-0.4, -0.2) is 233 Å². The Kier molecular flexibility index (Phi) is 25.7. The number of hydrogen-bond acceptors (Lipinski definition) is 16. The lowest BCUT2D eigenvalue weighted by molar-refractivity contribution is -0.142. The molecule has 0 aromatic heterocycles. The van der Waals surface area contributed by atoms with E-state index in [0.29, 0.717) is 43.1 Å². The summed E-state index contributed by atoms with van der Waals surface area (Å²) in [6.45, 7) is 2.48. The number of carbonyl (C=O) groups excluding carboxylic acids is 6. The number of fused-ring (bicyclic) bond motifs is 1. The molecule has 2 aliphatic rings. The molecule has 3 aromatic rings. The van der Waals surface area contributed by atoms with Crippen molar-refractivity contribution in [2.45, 2.75) is 82.1 Å². The number of aromatic hydroxyl groups is 1. The summed E-state index contributed by atoms with van der Waals surface area (Å²) in [6, 6.07) is 15.7.